The van der Waals surface area contributed by atoms with Crippen molar-refractivity contribution < 1.29 is 26.3 Å². The Bertz CT molecular complexity index is 1430. The van der Waals surface area contributed by atoms with Crippen molar-refractivity contribution in [2.45, 2.75) is 71.5 Å². The van der Waals surface area contributed by atoms with Crippen molar-refractivity contribution in [3.63, 3.8) is 0 Å². The minimum absolute atomic E-state index is 0.152. The standard InChI is InChI=1S/C33H35F6N3/c1-3-5-19-41(22-26-17-18-27(32(34,35)36)21-28(26)33(37,38)39)23-29-30(24-13-9-7-10-14-24)40-31(42(29)20-6-4-2)25-15-11-8-12-16-25/h7-18,21H,3-6,19-20,22-23H2,1-2H3. The van der Waals surface area contributed by atoms with Crippen molar-refractivity contribution in [1.29, 1.82) is 0 Å². The molecule has 4 rings (SSSR count). The van der Waals surface area contributed by atoms with E-state index in [0.717, 1.165) is 66.2 Å². The molecule has 1 heterocycles. The monoisotopic (exact) mass is 587 g/mol. The number of halogens is 6. The van der Waals surface area contributed by atoms with Gasteiger partial charge in [0.25, 0.3) is 0 Å². The molecule has 3 aromatic carbocycles. The molecule has 1 aromatic heterocycles. The molecule has 0 N–H and O–H groups in total. The number of benzene rings is 3. The summed E-state index contributed by atoms with van der Waals surface area (Å²) in [6, 6.07) is 21.3. The summed E-state index contributed by atoms with van der Waals surface area (Å²) in [5, 5.41) is 0. The van der Waals surface area contributed by atoms with Crippen molar-refractivity contribution in [3.05, 3.63) is 101 Å². The van der Waals surface area contributed by atoms with Gasteiger partial charge in [-0.2, -0.15) is 26.3 Å². The Labute approximate surface area is 242 Å². The smallest absolute Gasteiger partial charge is 0.326 e. The van der Waals surface area contributed by atoms with Crippen LogP contribution in [-0.2, 0) is 32.0 Å². The van der Waals surface area contributed by atoms with Gasteiger partial charge in [-0.15, -0.1) is 0 Å². The summed E-state index contributed by atoms with van der Waals surface area (Å²) < 4.78 is 84.2. The van der Waals surface area contributed by atoms with Gasteiger partial charge in [0.2, 0.25) is 0 Å². The van der Waals surface area contributed by atoms with Crippen LogP contribution in [0.4, 0.5) is 26.3 Å². The number of aromatic nitrogens is 2. The van der Waals surface area contributed by atoms with E-state index in [1.165, 1.54) is 0 Å². The highest BCUT2D eigenvalue weighted by atomic mass is 19.4. The van der Waals surface area contributed by atoms with Gasteiger partial charge in [-0.1, -0.05) is 93.4 Å². The molecule has 0 aliphatic carbocycles. The SMILES string of the molecule is CCCCN(Cc1ccc(C(F)(F)F)cc1C(F)(F)F)Cc1c(-c2ccccc2)nc(-c2ccccc2)n1CCCC. The third-order valence-corrected chi connectivity index (χ3v) is 7.22. The third kappa shape index (κ3) is 7.62. The van der Waals surface area contributed by atoms with Crippen molar-refractivity contribution in [1.82, 2.24) is 14.5 Å². The minimum Gasteiger partial charge on any atom is -0.326 e. The van der Waals surface area contributed by atoms with Crippen LogP contribution in [0.5, 0.6) is 0 Å². The number of hydrogen-bond donors (Lipinski definition) is 0. The highest BCUT2D eigenvalue weighted by Gasteiger charge is 2.38. The Hall–Kier alpha value is -3.59. The molecule has 0 spiro atoms. The Balaban J connectivity index is 1.83. The molecule has 0 amide bonds. The minimum atomic E-state index is -4.93. The van der Waals surface area contributed by atoms with Crippen LogP contribution in [0.15, 0.2) is 78.9 Å². The lowest BCUT2D eigenvalue weighted by molar-refractivity contribution is -0.143. The van der Waals surface area contributed by atoms with Crippen LogP contribution in [0.25, 0.3) is 22.6 Å². The van der Waals surface area contributed by atoms with E-state index in [0.29, 0.717) is 13.1 Å². The first-order valence-corrected chi connectivity index (χ1v) is 14.2. The zero-order valence-corrected chi connectivity index (χ0v) is 23.8. The molecule has 224 valence electrons. The molecule has 0 fully saturated rings. The topological polar surface area (TPSA) is 21.1 Å². The van der Waals surface area contributed by atoms with Gasteiger partial charge in [0.15, 0.2) is 0 Å². The number of alkyl halides is 6. The molecule has 0 aliphatic heterocycles. The summed E-state index contributed by atoms with van der Waals surface area (Å²) in [5.41, 5.74) is 0.679. The van der Waals surface area contributed by atoms with Crippen molar-refractivity contribution in [2.24, 2.45) is 0 Å². The van der Waals surface area contributed by atoms with Gasteiger partial charge in [0, 0.05) is 30.8 Å². The fourth-order valence-corrected chi connectivity index (χ4v) is 5.04. The lowest BCUT2D eigenvalue weighted by Gasteiger charge is -2.26. The van der Waals surface area contributed by atoms with Crippen molar-refractivity contribution in [3.8, 4) is 22.6 Å². The molecule has 4 aromatic rings. The first-order chi connectivity index (χ1) is 20.0. The Morgan fingerprint density at radius 3 is 1.90 bits per heavy atom. The number of unbranched alkanes of at least 4 members (excludes halogenated alkanes) is 2. The van der Waals surface area contributed by atoms with Crippen LogP contribution in [-0.4, -0.2) is 21.0 Å². The largest absolute Gasteiger partial charge is 0.416 e. The lowest BCUT2D eigenvalue weighted by Crippen LogP contribution is -2.27. The van der Waals surface area contributed by atoms with E-state index in [1.807, 2.05) is 72.5 Å². The van der Waals surface area contributed by atoms with Crippen LogP contribution in [0.2, 0.25) is 0 Å². The summed E-state index contributed by atoms with van der Waals surface area (Å²) in [4.78, 5) is 6.96. The van der Waals surface area contributed by atoms with E-state index in [2.05, 4.69) is 11.5 Å². The number of hydrogen-bond acceptors (Lipinski definition) is 2. The highest BCUT2D eigenvalue weighted by Crippen LogP contribution is 2.38. The molecule has 42 heavy (non-hydrogen) atoms. The summed E-state index contributed by atoms with van der Waals surface area (Å²) in [6.07, 6.45) is -6.45. The van der Waals surface area contributed by atoms with E-state index in [4.69, 9.17) is 4.98 Å². The first-order valence-electron chi connectivity index (χ1n) is 14.2. The summed E-state index contributed by atoms with van der Waals surface area (Å²) in [5.74, 6) is 0.777. The molecule has 0 atom stereocenters. The number of rotatable bonds is 12. The fraction of sp³-hybridized carbons (Fsp3) is 0.364. The summed E-state index contributed by atoms with van der Waals surface area (Å²) in [6.45, 7) is 5.36. The zero-order chi connectivity index (χ0) is 30.3. The lowest BCUT2D eigenvalue weighted by atomic mass is 10.0. The highest BCUT2D eigenvalue weighted by molar-refractivity contribution is 5.68. The van der Waals surface area contributed by atoms with Crippen LogP contribution in [0.1, 0.15) is 61.9 Å². The maximum atomic E-state index is 14.0. The first kappa shape index (κ1) is 31.3. The average molecular weight is 588 g/mol. The molecule has 0 unspecified atom stereocenters. The maximum Gasteiger partial charge on any atom is 0.416 e. The number of nitrogens with zero attached hydrogens (tertiary/aromatic N) is 3. The Morgan fingerprint density at radius 2 is 1.33 bits per heavy atom. The number of imidazole rings is 1. The van der Waals surface area contributed by atoms with Gasteiger partial charge in [-0.25, -0.2) is 4.98 Å². The molecule has 3 nitrogen and oxygen atoms in total. The molecule has 0 bridgehead atoms. The molecule has 0 saturated carbocycles. The van der Waals surface area contributed by atoms with Gasteiger partial charge < -0.3 is 4.57 Å². The summed E-state index contributed by atoms with van der Waals surface area (Å²) >= 11 is 0. The van der Waals surface area contributed by atoms with Crippen LogP contribution in [0.3, 0.4) is 0 Å². The zero-order valence-electron chi connectivity index (χ0n) is 23.8. The van der Waals surface area contributed by atoms with Crippen LogP contribution in [0, 0.1) is 0 Å². The molecule has 9 heteroatoms. The van der Waals surface area contributed by atoms with Crippen molar-refractivity contribution >= 4 is 0 Å². The van der Waals surface area contributed by atoms with Crippen LogP contribution < -0.4 is 0 Å². The fourth-order valence-electron chi connectivity index (χ4n) is 5.04. The van der Waals surface area contributed by atoms with Crippen molar-refractivity contribution in [2.75, 3.05) is 6.54 Å². The Kier molecular flexibility index (Phi) is 10.1. The molecular formula is C33H35F6N3. The van der Waals surface area contributed by atoms with Gasteiger partial charge in [0.05, 0.1) is 22.5 Å². The van der Waals surface area contributed by atoms with Gasteiger partial charge in [-0.05, 0) is 37.1 Å². The van der Waals surface area contributed by atoms with E-state index >= 15 is 0 Å². The third-order valence-electron chi connectivity index (χ3n) is 7.22. The van der Waals surface area contributed by atoms with E-state index < -0.39 is 23.5 Å². The van der Waals surface area contributed by atoms with E-state index in [9.17, 15) is 26.3 Å². The second-order valence-corrected chi connectivity index (χ2v) is 10.4. The second-order valence-electron chi connectivity index (χ2n) is 10.4. The molecule has 0 saturated heterocycles. The van der Waals surface area contributed by atoms with E-state index in [1.54, 1.807) is 0 Å². The molecular weight excluding hydrogens is 552 g/mol. The quantitative estimate of drug-likeness (QED) is 0.154. The predicted octanol–water partition coefficient (Wildman–Crippen LogP) is 9.86. The second kappa shape index (κ2) is 13.6. The average Bonchev–Trinajstić information content (AvgIpc) is 3.32. The van der Waals surface area contributed by atoms with Gasteiger partial charge in [-0.3, -0.25) is 4.90 Å². The van der Waals surface area contributed by atoms with Crippen LogP contribution >= 0.6 is 0 Å². The summed E-state index contributed by atoms with van der Waals surface area (Å²) in [7, 11) is 0. The van der Waals surface area contributed by atoms with Gasteiger partial charge >= 0.3 is 12.4 Å². The molecule has 0 aliphatic rings. The maximum absolute atomic E-state index is 14.0. The predicted molar refractivity (Wildman–Crippen MR) is 153 cm³/mol. The normalized spacial score (nSPS) is 12.3. The van der Waals surface area contributed by atoms with Gasteiger partial charge in [0.1, 0.15) is 5.82 Å². The van der Waals surface area contributed by atoms with E-state index in [-0.39, 0.29) is 24.7 Å². The Morgan fingerprint density at radius 1 is 0.714 bits per heavy atom. The molecule has 0 radical (unpaired) electrons.